The van der Waals surface area contributed by atoms with Crippen LogP contribution in [0.2, 0.25) is 0 Å². The lowest BCUT2D eigenvalue weighted by Gasteiger charge is -2.16. The molecule has 1 aromatic carbocycles. The molecule has 0 saturated heterocycles. The molecule has 0 aliphatic rings. The van der Waals surface area contributed by atoms with E-state index in [2.05, 4.69) is 22.0 Å². The number of hydrogen-bond donors (Lipinski definition) is 1. The summed E-state index contributed by atoms with van der Waals surface area (Å²) in [6.45, 7) is 2.83. The van der Waals surface area contributed by atoms with Gasteiger partial charge in [-0.25, -0.2) is 9.78 Å². The lowest BCUT2D eigenvalue weighted by molar-refractivity contribution is 0.0600. The van der Waals surface area contributed by atoms with Crippen molar-refractivity contribution in [1.82, 2.24) is 9.88 Å². The van der Waals surface area contributed by atoms with Crippen molar-refractivity contribution in [2.75, 3.05) is 26.0 Å². The molecule has 6 heteroatoms. The van der Waals surface area contributed by atoms with Gasteiger partial charge in [-0.15, -0.1) is 0 Å². The first kappa shape index (κ1) is 18.4. The molecule has 0 atom stereocenters. The molecule has 0 radical (unpaired) electrons. The third kappa shape index (κ3) is 5.04. The zero-order valence-corrected chi connectivity index (χ0v) is 14.8. The number of methoxy groups -OCH3 is 1. The number of ether oxygens (including phenoxy) is 1. The summed E-state index contributed by atoms with van der Waals surface area (Å²) in [5.74, 6) is 0.216. The Hall–Kier alpha value is -2.89. The number of esters is 1. The van der Waals surface area contributed by atoms with Crippen molar-refractivity contribution in [2.45, 2.75) is 19.8 Å². The highest BCUT2D eigenvalue weighted by Crippen LogP contribution is 2.16. The normalized spacial score (nSPS) is 10.2. The Labute approximate surface area is 147 Å². The van der Waals surface area contributed by atoms with Crippen LogP contribution in [0.4, 0.5) is 11.5 Å². The van der Waals surface area contributed by atoms with Crippen LogP contribution in [-0.4, -0.2) is 42.5 Å². The predicted octanol–water partition coefficient (Wildman–Crippen LogP) is 3.48. The zero-order chi connectivity index (χ0) is 18.2. The van der Waals surface area contributed by atoms with E-state index in [1.165, 1.54) is 7.11 Å². The molecule has 132 valence electrons. The van der Waals surface area contributed by atoms with Crippen LogP contribution in [0.3, 0.4) is 0 Å². The molecule has 6 nitrogen and oxygen atoms in total. The van der Waals surface area contributed by atoms with E-state index in [-0.39, 0.29) is 11.9 Å². The summed E-state index contributed by atoms with van der Waals surface area (Å²) >= 11 is 0. The van der Waals surface area contributed by atoms with Crippen LogP contribution in [0.15, 0.2) is 42.6 Å². The van der Waals surface area contributed by atoms with E-state index in [1.807, 2.05) is 0 Å². The lowest BCUT2D eigenvalue weighted by atomic mass is 10.2. The van der Waals surface area contributed by atoms with Gasteiger partial charge in [-0.05, 0) is 42.8 Å². The van der Waals surface area contributed by atoms with E-state index in [1.54, 1.807) is 54.5 Å². The smallest absolute Gasteiger partial charge is 0.337 e. The Balaban J connectivity index is 2.00. The van der Waals surface area contributed by atoms with Crippen molar-refractivity contribution >= 4 is 23.4 Å². The third-order valence-electron chi connectivity index (χ3n) is 3.78. The minimum Gasteiger partial charge on any atom is -0.465 e. The third-order valence-corrected chi connectivity index (χ3v) is 3.78. The second-order valence-corrected chi connectivity index (χ2v) is 5.71. The molecular formula is C19H23N3O3. The Morgan fingerprint density at radius 2 is 1.80 bits per heavy atom. The molecule has 2 aromatic rings. The van der Waals surface area contributed by atoms with Gasteiger partial charge < -0.3 is 15.0 Å². The van der Waals surface area contributed by atoms with Gasteiger partial charge in [-0.2, -0.15) is 0 Å². The van der Waals surface area contributed by atoms with Crippen LogP contribution < -0.4 is 5.32 Å². The van der Waals surface area contributed by atoms with E-state index < -0.39 is 0 Å². The molecule has 2 rings (SSSR count). The van der Waals surface area contributed by atoms with Crippen molar-refractivity contribution in [3.8, 4) is 0 Å². The molecule has 1 amide bonds. The van der Waals surface area contributed by atoms with Gasteiger partial charge in [0.15, 0.2) is 0 Å². The minimum absolute atomic E-state index is 0.0325. The number of unbranched alkanes of at least 4 members (excludes halogenated alkanes) is 1. The minimum atomic E-state index is -0.375. The lowest BCUT2D eigenvalue weighted by Crippen LogP contribution is -2.27. The molecule has 0 spiro atoms. The van der Waals surface area contributed by atoms with Crippen LogP contribution in [0, 0.1) is 0 Å². The van der Waals surface area contributed by atoms with Gasteiger partial charge in [-0.3, -0.25) is 4.79 Å². The number of pyridine rings is 1. The zero-order valence-electron chi connectivity index (χ0n) is 14.8. The van der Waals surface area contributed by atoms with Crippen LogP contribution in [0.1, 0.15) is 40.5 Å². The number of rotatable bonds is 7. The Morgan fingerprint density at radius 1 is 1.12 bits per heavy atom. The molecule has 0 saturated carbocycles. The van der Waals surface area contributed by atoms with Crippen molar-refractivity contribution in [2.24, 2.45) is 0 Å². The molecule has 25 heavy (non-hydrogen) atoms. The van der Waals surface area contributed by atoms with E-state index in [4.69, 9.17) is 0 Å². The summed E-state index contributed by atoms with van der Waals surface area (Å²) in [5, 5.41) is 3.13. The van der Waals surface area contributed by atoms with Crippen molar-refractivity contribution in [3.63, 3.8) is 0 Å². The average molecular weight is 341 g/mol. The molecule has 0 bridgehead atoms. The van der Waals surface area contributed by atoms with Crippen LogP contribution in [0.25, 0.3) is 0 Å². The first-order valence-electron chi connectivity index (χ1n) is 8.22. The average Bonchev–Trinajstić information content (AvgIpc) is 2.66. The number of nitrogens with one attached hydrogen (secondary N) is 1. The molecule has 1 heterocycles. The molecule has 0 unspecified atom stereocenters. The highest BCUT2D eigenvalue weighted by Gasteiger charge is 2.11. The maximum Gasteiger partial charge on any atom is 0.337 e. The highest BCUT2D eigenvalue weighted by atomic mass is 16.5. The second-order valence-electron chi connectivity index (χ2n) is 5.71. The summed E-state index contributed by atoms with van der Waals surface area (Å²) in [5.41, 5.74) is 1.83. The molecule has 1 aromatic heterocycles. The Bertz CT molecular complexity index is 712. The van der Waals surface area contributed by atoms with Crippen LogP contribution >= 0.6 is 0 Å². The maximum absolute atomic E-state index is 12.3. The second kappa shape index (κ2) is 8.82. The molecule has 0 aliphatic carbocycles. The fraction of sp³-hybridized carbons (Fsp3) is 0.316. The number of carbonyl (C=O) groups is 2. The first-order valence-corrected chi connectivity index (χ1v) is 8.22. The van der Waals surface area contributed by atoms with Gasteiger partial charge in [0, 0.05) is 25.5 Å². The van der Waals surface area contributed by atoms with Gasteiger partial charge in [0.25, 0.3) is 5.91 Å². The Morgan fingerprint density at radius 3 is 2.36 bits per heavy atom. The fourth-order valence-corrected chi connectivity index (χ4v) is 2.27. The van der Waals surface area contributed by atoms with Crippen LogP contribution in [-0.2, 0) is 4.74 Å². The number of amides is 1. The fourth-order valence-electron chi connectivity index (χ4n) is 2.27. The van der Waals surface area contributed by atoms with Crippen LogP contribution in [0.5, 0.6) is 0 Å². The van der Waals surface area contributed by atoms with Crippen molar-refractivity contribution in [3.05, 3.63) is 53.7 Å². The molecule has 0 aliphatic heterocycles. The number of benzene rings is 1. The first-order chi connectivity index (χ1) is 12.0. The molecular weight excluding hydrogens is 318 g/mol. The number of hydrogen-bond acceptors (Lipinski definition) is 5. The number of anilines is 2. The quantitative estimate of drug-likeness (QED) is 0.781. The number of aromatic nitrogens is 1. The van der Waals surface area contributed by atoms with Gasteiger partial charge in [0.05, 0.1) is 18.2 Å². The van der Waals surface area contributed by atoms with Gasteiger partial charge in [-0.1, -0.05) is 13.3 Å². The van der Waals surface area contributed by atoms with Gasteiger partial charge in [0.1, 0.15) is 5.82 Å². The Kier molecular flexibility index (Phi) is 6.51. The van der Waals surface area contributed by atoms with Gasteiger partial charge >= 0.3 is 5.97 Å². The standard InChI is InChI=1S/C19H23N3O3/c1-4-5-12-22(2)18(23)15-8-11-17(20-13-15)21-16-9-6-14(7-10-16)19(24)25-3/h6-11,13H,4-5,12H2,1-3H3,(H,20,21). The van der Waals surface area contributed by atoms with E-state index >= 15 is 0 Å². The number of carbonyl (C=O) groups excluding carboxylic acids is 2. The van der Waals surface area contributed by atoms with E-state index in [0.717, 1.165) is 25.1 Å². The largest absolute Gasteiger partial charge is 0.465 e. The van der Waals surface area contributed by atoms with Crippen molar-refractivity contribution < 1.29 is 14.3 Å². The topological polar surface area (TPSA) is 71.5 Å². The summed E-state index contributed by atoms with van der Waals surface area (Å²) in [6.07, 6.45) is 3.60. The summed E-state index contributed by atoms with van der Waals surface area (Å²) in [7, 11) is 3.15. The summed E-state index contributed by atoms with van der Waals surface area (Å²) in [6, 6.07) is 10.4. The van der Waals surface area contributed by atoms with E-state index in [0.29, 0.717) is 16.9 Å². The number of nitrogens with zero attached hydrogens (tertiary/aromatic N) is 2. The van der Waals surface area contributed by atoms with E-state index in [9.17, 15) is 9.59 Å². The maximum atomic E-state index is 12.3. The van der Waals surface area contributed by atoms with Crippen molar-refractivity contribution in [1.29, 1.82) is 0 Å². The van der Waals surface area contributed by atoms with Gasteiger partial charge in [0.2, 0.25) is 0 Å². The summed E-state index contributed by atoms with van der Waals surface area (Å²) in [4.78, 5) is 29.7. The SMILES string of the molecule is CCCCN(C)C(=O)c1ccc(Nc2ccc(C(=O)OC)cc2)nc1. The molecule has 1 N–H and O–H groups in total. The molecule has 0 fully saturated rings. The monoisotopic (exact) mass is 341 g/mol. The summed E-state index contributed by atoms with van der Waals surface area (Å²) < 4.78 is 4.67. The highest BCUT2D eigenvalue weighted by molar-refractivity contribution is 5.94. The predicted molar refractivity (Wildman–Crippen MR) is 97.2 cm³/mol.